The molecule has 21 heavy (non-hydrogen) atoms. The van der Waals surface area contributed by atoms with Crippen molar-refractivity contribution in [2.45, 2.75) is 12.8 Å². The highest BCUT2D eigenvalue weighted by Gasteiger charge is 2.34. The lowest BCUT2D eigenvalue weighted by atomic mass is 10.1. The zero-order chi connectivity index (χ0) is 15.5. The van der Waals surface area contributed by atoms with Crippen molar-refractivity contribution in [2.24, 2.45) is 0 Å². The van der Waals surface area contributed by atoms with Gasteiger partial charge < -0.3 is 14.6 Å². The molecule has 0 bridgehead atoms. The van der Waals surface area contributed by atoms with Gasteiger partial charge in [-0.2, -0.15) is 13.2 Å². The quantitative estimate of drug-likeness (QED) is 0.927. The number of ether oxygens (including phenoxy) is 2. The zero-order valence-corrected chi connectivity index (χ0v) is 11.1. The van der Waals surface area contributed by atoms with Crippen molar-refractivity contribution in [3.8, 4) is 17.2 Å². The molecule has 0 aliphatic rings. The molecule has 0 aromatic heterocycles. The predicted molar refractivity (Wildman–Crippen MR) is 70.4 cm³/mol. The third kappa shape index (κ3) is 3.66. The van der Waals surface area contributed by atoms with Crippen LogP contribution < -0.4 is 9.47 Å². The van der Waals surface area contributed by atoms with E-state index < -0.39 is 18.3 Å². The van der Waals surface area contributed by atoms with Crippen LogP contribution in [0.1, 0.15) is 11.1 Å². The van der Waals surface area contributed by atoms with Gasteiger partial charge in [-0.3, -0.25) is 0 Å². The third-order valence-electron chi connectivity index (χ3n) is 2.82. The van der Waals surface area contributed by atoms with E-state index in [1.807, 2.05) is 0 Å². The summed E-state index contributed by atoms with van der Waals surface area (Å²) < 4.78 is 49.3. The van der Waals surface area contributed by atoms with Gasteiger partial charge in [-0.25, -0.2) is 0 Å². The summed E-state index contributed by atoms with van der Waals surface area (Å²) >= 11 is 0. The second kappa shape index (κ2) is 6.05. The normalized spacial score (nSPS) is 11.3. The van der Waals surface area contributed by atoms with Crippen LogP contribution in [0.15, 0.2) is 42.5 Å². The van der Waals surface area contributed by atoms with E-state index in [1.54, 1.807) is 12.1 Å². The van der Waals surface area contributed by atoms with Gasteiger partial charge in [-0.15, -0.1) is 0 Å². The van der Waals surface area contributed by atoms with Gasteiger partial charge in [0.1, 0.15) is 17.2 Å². The molecule has 0 saturated heterocycles. The molecule has 3 nitrogen and oxygen atoms in total. The van der Waals surface area contributed by atoms with Gasteiger partial charge in [0.15, 0.2) is 0 Å². The largest absolute Gasteiger partial charge is 0.497 e. The number of hydrogen-bond donors (Lipinski definition) is 1. The highest BCUT2D eigenvalue weighted by atomic mass is 19.4. The fourth-order valence-corrected chi connectivity index (χ4v) is 1.76. The number of aliphatic hydroxyl groups is 1. The van der Waals surface area contributed by atoms with E-state index in [0.29, 0.717) is 5.75 Å². The van der Waals surface area contributed by atoms with Crippen LogP contribution in [0.4, 0.5) is 13.2 Å². The molecule has 0 fully saturated rings. The van der Waals surface area contributed by atoms with Crippen LogP contribution >= 0.6 is 0 Å². The minimum Gasteiger partial charge on any atom is -0.497 e. The van der Waals surface area contributed by atoms with Crippen molar-refractivity contribution in [1.29, 1.82) is 0 Å². The minimum atomic E-state index is -4.56. The number of aliphatic hydroxyl groups excluding tert-OH is 1. The van der Waals surface area contributed by atoms with E-state index in [9.17, 15) is 13.2 Å². The molecule has 0 aliphatic carbocycles. The minimum absolute atomic E-state index is 0.171. The molecule has 2 aromatic carbocycles. The Morgan fingerprint density at radius 3 is 2.14 bits per heavy atom. The van der Waals surface area contributed by atoms with Crippen molar-refractivity contribution in [3.63, 3.8) is 0 Å². The Morgan fingerprint density at radius 2 is 1.62 bits per heavy atom. The van der Waals surface area contributed by atoms with Crippen LogP contribution in [0.5, 0.6) is 17.2 Å². The van der Waals surface area contributed by atoms with Crippen molar-refractivity contribution in [1.82, 2.24) is 0 Å². The van der Waals surface area contributed by atoms with Gasteiger partial charge in [0.25, 0.3) is 0 Å². The summed E-state index contributed by atoms with van der Waals surface area (Å²) in [6.45, 7) is -0.466. The van der Waals surface area contributed by atoms with Crippen LogP contribution in [0, 0.1) is 0 Å². The van der Waals surface area contributed by atoms with Gasteiger partial charge in [-0.1, -0.05) is 6.07 Å². The van der Waals surface area contributed by atoms with Crippen LogP contribution in [-0.2, 0) is 12.8 Å². The Bertz CT molecular complexity index is 607. The average molecular weight is 298 g/mol. The molecule has 0 amide bonds. The first-order valence-electron chi connectivity index (χ1n) is 6.07. The standard InChI is InChI=1S/C15H13F3O3/c1-20-11-3-5-12(6-4-11)21-14-7-2-10(9-19)8-13(14)15(16,17)18/h2-8,19H,9H2,1H3. The summed E-state index contributed by atoms with van der Waals surface area (Å²) in [7, 11) is 1.49. The Balaban J connectivity index is 2.34. The van der Waals surface area contributed by atoms with Crippen LogP contribution in [0.25, 0.3) is 0 Å². The maximum absolute atomic E-state index is 13.0. The maximum Gasteiger partial charge on any atom is 0.419 e. The van der Waals surface area contributed by atoms with E-state index in [2.05, 4.69) is 0 Å². The monoisotopic (exact) mass is 298 g/mol. The summed E-state index contributed by atoms with van der Waals surface area (Å²) in [6.07, 6.45) is -4.56. The molecule has 112 valence electrons. The number of methoxy groups -OCH3 is 1. The molecule has 0 heterocycles. The highest BCUT2D eigenvalue weighted by molar-refractivity contribution is 5.43. The van der Waals surface area contributed by atoms with E-state index in [1.165, 1.54) is 31.4 Å². The molecule has 1 N–H and O–H groups in total. The molecule has 0 aliphatic heterocycles. The molecule has 2 rings (SSSR count). The average Bonchev–Trinajstić information content (AvgIpc) is 2.47. The highest BCUT2D eigenvalue weighted by Crippen LogP contribution is 2.38. The van der Waals surface area contributed by atoms with Gasteiger partial charge >= 0.3 is 6.18 Å². The molecule has 0 saturated carbocycles. The lowest BCUT2D eigenvalue weighted by molar-refractivity contribution is -0.138. The lowest BCUT2D eigenvalue weighted by Gasteiger charge is -2.15. The first-order valence-corrected chi connectivity index (χ1v) is 6.07. The second-order valence-corrected chi connectivity index (χ2v) is 4.26. The fourth-order valence-electron chi connectivity index (χ4n) is 1.76. The first-order chi connectivity index (χ1) is 9.94. The molecule has 2 aromatic rings. The van der Waals surface area contributed by atoms with E-state index in [0.717, 1.165) is 6.07 Å². The third-order valence-corrected chi connectivity index (χ3v) is 2.82. The smallest absolute Gasteiger partial charge is 0.419 e. The fraction of sp³-hybridized carbons (Fsp3) is 0.200. The Hall–Kier alpha value is -2.21. The van der Waals surface area contributed by atoms with Gasteiger partial charge in [0.2, 0.25) is 0 Å². The molecule has 6 heteroatoms. The summed E-state index contributed by atoms with van der Waals surface area (Å²) in [5, 5.41) is 8.94. The van der Waals surface area contributed by atoms with Gasteiger partial charge in [-0.05, 0) is 42.0 Å². The summed E-state index contributed by atoms with van der Waals surface area (Å²) in [4.78, 5) is 0. The molecule has 0 unspecified atom stereocenters. The lowest BCUT2D eigenvalue weighted by Crippen LogP contribution is -2.08. The second-order valence-electron chi connectivity index (χ2n) is 4.26. The Labute approximate surface area is 119 Å². The first kappa shape index (κ1) is 15.2. The van der Waals surface area contributed by atoms with Crippen molar-refractivity contribution in [2.75, 3.05) is 7.11 Å². The van der Waals surface area contributed by atoms with Crippen LogP contribution in [0.2, 0.25) is 0 Å². The number of halogens is 3. The number of alkyl halides is 3. The SMILES string of the molecule is COc1ccc(Oc2ccc(CO)cc2C(F)(F)F)cc1. The number of hydrogen-bond acceptors (Lipinski definition) is 3. The van der Waals surface area contributed by atoms with Crippen molar-refractivity contribution >= 4 is 0 Å². The maximum atomic E-state index is 13.0. The molecular formula is C15H13F3O3. The molecule has 0 radical (unpaired) electrons. The molecule has 0 atom stereocenters. The molecular weight excluding hydrogens is 285 g/mol. The summed E-state index contributed by atoms with van der Waals surface area (Å²) in [5.74, 6) is 0.525. The van der Waals surface area contributed by atoms with Gasteiger partial charge in [0, 0.05) is 0 Å². The topological polar surface area (TPSA) is 38.7 Å². The van der Waals surface area contributed by atoms with Crippen LogP contribution in [-0.4, -0.2) is 12.2 Å². The van der Waals surface area contributed by atoms with E-state index >= 15 is 0 Å². The summed E-state index contributed by atoms with van der Waals surface area (Å²) in [5.41, 5.74) is -0.755. The van der Waals surface area contributed by atoms with Crippen LogP contribution in [0.3, 0.4) is 0 Å². The van der Waals surface area contributed by atoms with Crippen molar-refractivity contribution in [3.05, 3.63) is 53.6 Å². The van der Waals surface area contributed by atoms with E-state index in [-0.39, 0.29) is 17.1 Å². The Kier molecular flexibility index (Phi) is 4.37. The summed E-state index contributed by atoms with van der Waals surface area (Å²) in [6, 6.07) is 9.65. The number of rotatable bonds is 4. The number of benzene rings is 2. The van der Waals surface area contributed by atoms with Crippen molar-refractivity contribution < 1.29 is 27.8 Å². The molecule has 0 spiro atoms. The van der Waals surface area contributed by atoms with E-state index in [4.69, 9.17) is 14.6 Å². The Morgan fingerprint density at radius 1 is 1.00 bits per heavy atom. The van der Waals surface area contributed by atoms with Gasteiger partial charge in [0.05, 0.1) is 19.3 Å². The zero-order valence-electron chi connectivity index (χ0n) is 11.1. The predicted octanol–water partition coefficient (Wildman–Crippen LogP) is 4.00.